The van der Waals surface area contributed by atoms with E-state index in [4.69, 9.17) is 19.6 Å². The summed E-state index contributed by atoms with van der Waals surface area (Å²) in [6.07, 6.45) is -2.14. The number of phosphoric acid groups is 2. The molecule has 0 heterocycles. The van der Waals surface area contributed by atoms with Gasteiger partial charge in [-0.25, -0.2) is 13.9 Å². The van der Waals surface area contributed by atoms with Crippen LogP contribution in [0.25, 0.3) is 0 Å². The molecule has 0 fully saturated rings. The molecule has 0 saturated heterocycles. The summed E-state index contributed by atoms with van der Waals surface area (Å²) >= 11 is 0. The molecule has 0 aliphatic carbocycles. The Labute approximate surface area is 210 Å². The van der Waals surface area contributed by atoms with Crippen LogP contribution in [0.2, 0.25) is 0 Å². The number of carbonyl (C=O) groups excluding carboxylic acids is 1. The van der Waals surface area contributed by atoms with Gasteiger partial charge in [0.05, 0.1) is 0 Å². The van der Waals surface area contributed by atoms with E-state index in [1.807, 2.05) is 0 Å². The summed E-state index contributed by atoms with van der Waals surface area (Å²) in [7, 11) is -10.3. The van der Waals surface area contributed by atoms with Crippen molar-refractivity contribution in [2.45, 2.75) is 0 Å². The fourth-order valence-electron chi connectivity index (χ4n) is 0.211. The molecule has 0 spiro atoms. The van der Waals surface area contributed by atoms with Crippen molar-refractivity contribution in [1.29, 1.82) is 0 Å². The first-order chi connectivity index (χ1) is 5.10. The van der Waals surface area contributed by atoms with Gasteiger partial charge >= 0.3 is 173 Å². The zero-order valence-corrected chi connectivity index (χ0v) is 7.01. The van der Waals surface area contributed by atoms with Crippen molar-refractivity contribution in [1.82, 2.24) is 0 Å². The van der Waals surface area contributed by atoms with Crippen LogP contribution in [0, 0.1) is 0 Å². The van der Waals surface area contributed by atoms with E-state index in [1.54, 1.807) is 0 Å². The summed E-state index contributed by atoms with van der Waals surface area (Å²) in [4.78, 5) is 41.7. The minimum atomic E-state index is -5.13. The Hall–Kier alpha value is 4.61. The van der Waals surface area contributed by atoms with E-state index in [-0.39, 0.29) is 151 Å². The zero-order chi connectivity index (χ0) is 9.99. The molecule has 0 radical (unpaired) electrons. The molecule has 15 heteroatoms. The number of phosphoric ester groups is 2. The quantitative estimate of drug-likeness (QED) is 0.271. The third-order valence-corrected chi connectivity index (χ3v) is 1.16. The van der Waals surface area contributed by atoms with Crippen LogP contribution in [0.15, 0.2) is 0 Å². The number of carbonyl (C=O) groups is 1. The van der Waals surface area contributed by atoms with Crippen molar-refractivity contribution < 1.29 is 42.5 Å². The summed E-state index contributed by atoms with van der Waals surface area (Å²) in [6, 6.07) is 0. The maximum atomic E-state index is 10.0. The average Bonchev–Trinajstić information content (AvgIpc) is 1.49. The van der Waals surface area contributed by atoms with E-state index in [2.05, 4.69) is 9.05 Å². The van der Waals surface area contributed by atoms with Crippen LogP contribution in [0.1, 0.15) is 0 Å². The third-order valence-electron chi connectivity index (χ3n) is 0.387. The van der Waals surface area contributed by atoms with E-state index < -0.39 is 21.8 Å². The van der Waals surface area contributed by atoms with Crippen LogP contribution in [0.5, 0.6) is 0 Å². The van der Waals surface area contributed by atoms with Crippen molar-refractivity contribution in [3.63, 3.8) is 0 Å². The normalized spacial score (nSPS) is 9.25. The van der Waals surface area contributed by atoms with Gasteiger partial charge in [-0.05, 0) is 0 Å². The Kier molecular flexibility index (Phi) is 29.6. The second kappa shape index (κ2) is 14.5. The fraction of sp³-hybridized carbons (Fsp3) is 0. The van der Waals surface area contributed by atoms with Crippen molar-refractivity contribution in [3.05, 3.63) is 0 Å². The molecule has 0 rings (SSSR count). The van der Waals surface area contributed by atoms with Crippen molar-refractivity contribution >= 4 is 173 Å². The van der Waals surface area contributed by atoms with Crippen LogP contribution in [0.4, 0.5) is 4.79 Å². The standard InChI is InChI=1S/CH4O9P2.4Ca.8H/c2-1(9-11(3,4)5)10-12(6,7)8;;;;;;;;;;;;/h(H2,3,4,5)(H2,6,7,8);;;;;;;;;;;;. The van der Waals surface area contributed by atoms with Gasteiger partial charge < -0.3 is 9.05 Å². The first kappa shape index (κ1) is 32.5. The molecule has 0 atom stereocenters. The van der Waals surface area contributed by atoms with Gasteiger partial charge in [0.15, 0.2) is 0 Å². The molecule has 0 aliphatic heterocycles. The Morgan fingerprint density at radius 2 is 0.938 bits per heavy atom. The fourth-order valence-corrected chi connectivity index (χ4v) is 0.733. The SMILES string of the molecule is O=C(OP(=O)(O)O)OP(=O)(O)O.[CaH2].[CaH2].[CaH2].[CaH2]. The molecular formula is CH12Ca4O9P2. The van der Waals surface area contributed by atoms with E-state index in [0.717, 1.165) is 0 Å². The van der Waals surface area contributed by atoms with Crippen molar-refractivity contribution in [2.75, 3.05) is 0 Å². The molecule has 0 saturated carbocycles. The molecule has 88 valence electrons. The van der Waals surface area contributed by atoms with Crippen molar-refractivity contribution in [2.24, 2.45) is 0 Å². The molecule has 0 aromatic carbocycles. The Morgan fingerprint density at radius 3 is 1.06 bits per heavy atom. The summed E-state index contributed by atoms with van der Waals surface area (Å²) < 4.78 is 25.9. The molecule has 0 aromatic heterocycles. The van der Waals surface area contributed by atoms with Gasteiger partial charge in [-0.15, -0.1) is 0 Å². The monoisotopic (exact) mass is 390 g/mol. The molecular weight excluding hydrogens is 378 g/mol. The van der Waals surface area contributed by atoms with Gasteiger partial charge in [-0.3, -0.25) is 19.6 Å². The van der Waals surface area contributed by atoms with Gasteiger partial charge in [-0.1, -0.05) is 0 Å². The Morgan fingerprint density at radius 1 is 0.750 bits per heavy atom. The topological polar surface area (TPSA) is 151 Å². The molecule has 0 amide bonds. The van der Waals surface area contributed by atoms with Gasteiger partial charge in [0.25, 0.3) is 0 Å². The summed E-state index contributed by atoms with van der Waals surface area (Å²) in [6.45, 7) is 0. The van der Waals surface area contributed by atoms with Crippen LogP contribution in [-0.2, 0) is 18.2 Å². The van der Waals surface area contributed by atoms with Gasteiger partial charge in [0.2, 0.25) is 0 Å². The van der Waals surface area contributed by atoms with Crippen LogP contribution in [0.3, 0.4) is 0 Å². The molecule has 0 aromatic rings. The van der Waals surface area contributed by atoms with E-state index in [1.165, 1.54) is 0 Å². The second-order valence-electron chi connectivity index (χ2n) is 1.41. The van der Waals surface area contributed by atoms with Crippen LogP contribution < -0.4 is 0 Å². The minimum absolute atomic E-state index is 0. The molecule has 0 unspecified atom stereocenters. The van der Waals surface area contributed by atoms with E-state index >= 15 is 0 Å². The third kappa shape index (κ3) is 27.0. The number of hydrogen-bond acceptors (Lipinski definition) is 5. The van der Waals surface area contributed by atoms with Gasteiger partial charge in [0.1, 0.15) is 0 Å². The van der Waals surface area contributed by atoms with Gasteiger partial charge in [-0.2, -0.15) is 0 Å². The number of hydrogen-bond donors (Lipinski definition) is 4. The molecule has 0 bridgehead atoms. The molecule has 16 heavy (non-hydrogen) atoms. The predicted octanol–water partition coefficient (Wildman–Crippen LogP) is -4.34. The predicted molar refractivity (Wildman–Crippen MR) is 65.8 cm³/mol. The molecule has 0 aliphatic rings. The summed E-state index contributed by atoms with van der Waals surface area (Å²) in [5.74, 6) is 0. The summed E-state index contributed by atoms with van der Waals surface area (Å²) in [5, 5.41) is 0. The molecule has 9 nitrogen and oxygen atoms in total. The second-order valence-corrected chi connectivity index (χ2v) is 3.74. The van der Waals surface area contributed by atoms with Crippen molar-refractivity contribution in [3.8, 4) is 0 Å². The molecule has 4 N–H and O–H groups in total. The Bertz CT molecular complexity index is 241. The first-order valence-electron chi connectivity index (χ1n) is 2.14. The van der Waals surface area contributed by atoms with Crippen LogP contribution >= 0.6 is 15.6 Å². The van der Waals surface area contributed by atoms with Gasteiger partial charge in [0, 0.05) is 0 Å². The number of rotatable bonds is 2. The first-order valence-corrected chi connectivity index (χ1v) is 5.20. The van der Waals surface area contributed by atoms with E-state index in [0.29, 0.717) is 0 Å². The van der Waals surface area contributed by atoms with E-state index in [9.17, 15) is 13.9 Å². The average molecular weight is 390 g/mol. The Balaban J connectivity index is -0.000000101. The van der Waals surface area contributed by atoms with Crippen LogP contribution in [-0.4, -0.2) is 177 Å². The zero-order valence-electron chi connectivity index (χ0n) is 5.22. The maximum absolute atomic E-state index is 10.0. The summed E-state index contributed by atoms with van der Waals surface area (Å²) in [5.41, 5.74) is 0.